The van der Waals surface area contributed by atoms with E-state index in [0.29, 0.717) is 18.0 Å². The lowest BCUT2D eigenvalue weighted by molar-refractivity contribution is -0.147. The normalized spacial score (nSPS) is 22.7. The summed E-state index contributed by atoms with van der Waals surface area (Å²) in [6.07, 6.45) is 6.78. The van der Waals surface area contributed by atoms with Gasteiger partial charge in [-0.1, -0.05) is 37.5 Å². The second-order valence-corrected chi connectivity index (χ2v) is 8.46. The molecule has 1 amide bonds. The van der Waals surface area contributed by atoms with Crippen molar-refractivity contribution < 1.29 is 14.3 Å². The molecule has 6 nitrogen and oxygen atoms in total. The maximum absolute atomic E-state index is 12.9. The lowest BCUT2D eigenvalue weighted by atomic mass is 9.89. The molecule has 6 heteroatoms. The minimum Gasteiger partial charge on any atom is -0.458 e. The van der Waals surface area contributed by atoms with Gasteiger partial charge in [-0.2, -0.15) is 5.10 Å². The zero-order chi connectivity index (χ0) is 19.0. The maximum atomic E-state index is 12.9. The summed E-state index contributed by atoms with van der Waals surface area (Å²) in [6.45, 7) is 4.54. The van der Waals surface area contributed by atoms with Gasteiger partial charge in [-0.3, -0.25) is 9.48 Å². The van der Waals surface area contributed by atoms with Gasteiger partial charge in [0.25, 0.3) is 5.91 Å². The van der Waals surface area contributed by atoms with Gasteiger partial charge < -0.3 is 10.1 Å². The first-order chi connectivity index (χ1) is 12.9. The number of fused-ring (bicyclic) bond motifs is 1. The molecule has 2 heterocycles. The van der Waals surface area contributed by atoms with Gasteiger partial charge in [-0.15, -0.1) is 0 Å². The van der Waals surface area contributed by atoms with Crippen LogP contribution in [0.4, 0.5) is 0 Å². The molecule has 1 saturated carbocycles. The number of carbonyl (C=O) groups excluding carboxylic acids is 2. The van der Waals surface area contributed by atoms with Crippen LogP contribution in [0.3, 0.4) is 0 Å². The molecule has 0 bridgehead atoms. The number of hydrogen-bond donors (Lipinski definition) is 1. The quantitative estimate of drug-likeness (QED) is 0.838. The van der Waals surface area contributed by atoms with Crippen LogP contribution in [0.2, 0.25) is 0 Å². The van der Waals surface area contributed by atoms with Gasteiger partial charge in [0.2, 0.25) is 0 Å². The standard InChI is InChI=1S/C21H27N3O3/c1-21(2)12-16(20(26)27-21)22-19(25)18-15-10-6-7-11-17(15)24(23-18)13-14-8-4-3-5-9-14/h6-7,10-11,14,16H,3-5,8-9,12-13H2,1-2H3,(H,22,25)/t16-/m0/s1. The first-order valence-corrected chi connectivity index (χ1v) is 9.92. The van der Waals surface area contributed by atoms with E-state index in [1.807, 2.05) is 42.8 Å². The average Bonchev–Trinajstić information content (AvgIpc) is 3.12. The maximum Gasteiger partial charge on any atom is 0.329 e. The van der Waals surface area contributed by atoms with Crippen molar-refractivity contribution in [1.29, 1.82) is 0 Å². The largest absolute Gasteiger partial charge is 0.458 e. The number of amides is 1. The van der Waals surface area contributed by atoms with Crippen molar-refractivity contribution in [2.45, 2.75) is 70.6 Å². The molecular formula is C21H27N3O3. The van der Waals surface area contributed by atoms with Gasteiger partial charge >= 0.3 is 5.97 Å². The summed E-state index contributed by atoms with van der Waals surface area (Å²) in [7, 11) is 0. The molecule has 1 aromatic heterocycles. The number of carbonyl (C=O) groups is 2. The van der Waals surface area contributed by atoms with Crippen molar-refractivity contribution in [3.63, 3.8) is 0 Å². The molecule has 1 aliphatic carbocycles. The number of cyclic esters (lactones) is 1. The number of rotatable bonds is 4. The Hall–Kier alpha value is -2.37. The molecule has 0 spiro atoms. The van der Waals surface area contributed by atoms with Crippen LogP contribution < -0.4 is 5.32 Å². The highest BCUT2D eigenvalue weighted by molar-refractivity contribution is 6.06. The molecule has 1 aliphatic heterocycles. The highest BCUT2D eigenvalue weighted by Gasteiger charge is 2.41. The summed E-state index contributed by atoms with van der Waals surface area (Å²) >= 11 is 0. The van der Waals surface area contributed by atoms with Crippen LogP contribution in [0.5, 0.6) is 0 Å². The number of hydrogen-bond acceptors (Lipinski definition) is 4. The van der Waals surface area contributed by atoms with Crippen molar-refractivity contribution in [3.8, 4) is 0 Å². The number of esters is 1. The van der Waals surface area contributed by atoms with Gasteiger partial charge in [0, 0.05) is 18.4 Å². The van der Waals surface area contributed by atoms with Crippen molar-refractivity contribution in [2.75, 3.05) is 0 Å². The Morgan fingerprint density at radius 1 is 1.26 bits per heavy atom. The number of nitrogens with one attached hydrogen (secondary N) is 1. The smallest absolute Gasteiger partial charge is 0.329 e. The van der Waals surface area contributed by atoms with Crippen LogP contribution >= 0.6 is 0 Å². The first kappa shape index (κ1) is 18.0. The molecular weight excluding hydrogens is 342 g/mol. The summed E-state index contributed by atoms with van der Waals surface area (Å²) in [5.74, 6) is -0.0730. The number of benzene rings is 1. The van der Waals surface area contributed by atoms with Crippen LogP contribution in [-0.4, -0.2) is 33.3 Å². The minimum atomic E-state index is -0.616. The topological polar surface area (TPSA) is 73.2 Å². The number of nitrogens with zero attached hydrogens (tertiary/aromatic N) is 2. The van der Waals surface area contributed by atoms with Crippen LogP contribution in [0.1, 0.15) is 62.9 Å². The highest BCUT2D eigenvalue weighted by Crippen LogP contribution is 2.28. The molecule has 27 heavy (non-hydrogen) atoms. The third kappa shape index (κ3) is 3.70. The molecule has 0 unspecified atom stereocenters. The third-order valence-corrected chi connectivity index (χ3v) is 5.69. The fourth-order valence-corrected chi connectivity index (χ4v) is 4.35. The average molecular weight is 369 g/mol. The molecule has 1 aromatic carbocycles. The van der Waals surface area contributed by atoms with Crippen molar-refractivity contribution in [2.24, 2.45) is 5.92 Å². The zero-order valence-corrected chi connectivity index (χ0v) is 16.0. The minimum absolute atomic E-state index is 0.312. The lowest BCUT2D eigenvalue weighted by Crippen LogP contribution is -2.38. The van der Waals surface area contributed by atoms with E-state index in [4.69, 9.17) is 4.74 Å². The second-order valence-electron chi connectivity index (χ2n) is 8.46. The van der Waals surface area contributed by atoms with Gasteiger partial charge in [0.15, 0.2) is 5.69 Å². The Labute approximate surface area is 159 Å². The molecule has 144 valence electrons. The molecule has 4 rings (SSSR count). The summed E-state index contributed by atoms with van der Waals surface area (Å²) < 4.78 is 7.28. The molecule has 2 fully saturated rings. The highest BCUT2D eigenvalue weighted by atomic mass is 16.6. The van der Waals surface area contributed by atoms with Crippen LogP contribution in [0, 0.1) is 5.92 Å². The second kappa shape index (κ2) is 6.98. The van der Waals surface area contributed by atoms with E-state index < -0.39 is 11.6 Å². The number of ether oxygens (including phenoxy) is 1. The Morgan fingerprint density at radius 2 is 2.00 bits per heavy atom. The van der Waals surface area contributed by atoms with E-state index in [0.717, 1.165) is 17.4 Å². The molecule has 1 N–H and O–H groups in total. The predicted octanol–water partition coefficient (Wildman–Crippen LogP) is 3.44. The van der Waals surface area contributed by atoms with Crippen molar-refractivity contribution >= 4 is 22.8 Å². The fraction of sp³-hybridized carbons (Fsp3) is 0.571. The van der Waals surface area contributed by atoms with Crippen molar-refractivity contribution in [1.82, 2.24) is 15.1 Å². The van der Waals surface area contributed by atoms with E-state index >= 15 is 0 Å². The Balaban J connectivity index is 1.58. The molecule has 2 aliphatic rings. The Bertz CT molecular complexity index is 865. The first-order valence-electron chi connectivity index (χ1n) is 9.92. The van der Waals surface area contributed by atoms with Gasteiger partial charge in [-0.05, 0) is 38.7 Å². The van der Waals surface area contributed by atoms with Crippen LogP contribution in [-0.2, 0) is 16.1 Å². The van der Waals surface area contributed by atoms with E-state index in [1.54, 1.807) is 0 Å². The molecule has 1 atom stereocenters. The molecule has 0 radical (unpaired) electrons. The van der Waals surface area contributed by atoms with E-state index in [9.17, 15) is 9.59 Å². The van der Waals surface area contributed by atoms with Crippen LogP contribution in [0.15, 0.2) is 24.3 Å². The summed E-state index contributed by atoms with van der Waals surface area (Å²) in [5, 5.41) is 8.29. The predicted molar refractivity (Wildman–Crippen MR) is 102 cm³/mol. The van der Waals surface area contributed by atoms with Crippen molar-refractivity contribution in [3.05, 3.63) is 30.0 Å². The monoisotopic (exact) mass is 369 g/mol. The van der Waals surface area contributed by atoms with Gasteiger partial charge in [0.1, 0.15) is 11.6 Å². The Kier molecular flexibility index (Phi) is 4.66. The van der Waals surface area contributed by atoms with Gasteiger partial charge in [0.05, 0.1) is 5.52 Å². The fourth-order valence-electron chi connectivity index (χ4n) is 4.35. The zero-order valence-electron chi connectivity index (χ0n) is 16.0. The van der Waals surface area contributed by atoms with Crippen LogP contribution in [0.25, 0.3) is 10.9 Å². The SMILES string of the molecule is CC1(C)C[C@H](NC(=O)c2nn(CC3CCCCC3)c3ccccc23)C(=O)O1. The number of para-hydroxylation sites is 1. The van der Waals surface area contributed by atoms with E-state index in [1.165, 1.54) is 32.1 Å². The van der Waals surface area contributed by atoms with Gasteiger partial charge in [-0.25, -0.2) is 4.79 Å². The molecule has 2 aromatic rings. The number of aromatic nitrogens is 2. The summed E-state index contributed by atoms with van der Waals surface area (Å²) in [6, 6.07) is 7.20. The Morgan fingerprint density at radius 3 is 2.70 bits per heavy atom. The van der Waals surface area contributed by atoms with E-state index in [2.05, 4.69) is 10.4 Å². The molecule has 1 saturated heterocycles. The lowest BCUT2D eigenvalue weighted by Gasteiger charge is -2.21. The summed E-state index contributed by atoms with van der Waals surface area (Å²) in [4.78, 5) is 24.9. The van der Waals surface area contributed by atoms with E-state index in [-0.39, 0.29) is 11.9 Å². The summed E-state index contributed by atoms with van der Waals surface area (Å²) in [5.41, 5.74) is 0.818. The third-order valence-electron chi connectivity index (χ3n) is 5.69.